The summed E-state index contributed by atoms with van der Waals surface area (Å²) < 4.78 is 16.2. The van der Waals surface area contributed by atoms with Crippen molar-refractivity contribution in [3.05, 3.63) is 18.2 Å². The highest BCUT2D eigenvalue weighted by molar-refractivity contribution is 5.55. The van der Waals surface area contributed by atoms with Crippen LogP contribution in [-0.2, 0) is 4.74 Å². The van der Waals surface area contributed by atoms with Gasteiger partial charge in [0.25, 0.3) is 0 Å². The van der Waals surface area contributed by atoms with Crippen LogP contribution in [0.5, 0.6) is 11.5 Å². The molecule has 2 N–H and O–H groups in total. The maximum Gasteiger partial charge on any atom is 0.145 e. The summed E-state index contributed by atoms with van der Waals surface area (Å²) in [7, 11) is 1.65. The predicted octanol–water partition coefficient (Wildman–Crippen LogP) is 2.47. The molecule has 1 aromatic rings. The Bertz CT molecular complexity index is 341. The van der Waals surface area contributed by atoms with Crippen LogP contribution in [0.3, 0.4) is 0 Å². The SMILES string of the molecule is CCCOc1cc(OC(C)COC)ccc1N. The normalized spacial score (nSPS) is 12.2. The van der Waals surface area contributed by atoms with Crippen molar-refractivity contribution < 1.29 is 14.2 Å². The highest BCUT2D eigenvalue weighted by Gasteiger charge is 2.06. The Hall–Kier alpha value is -1.42. The van der Waals surface area contributed by atoms with Gasteiger partial charge in [-0.2, -0.15) is 0 Å². The molecule has 0 saturated heterocycles. The highest BCUT2D eigenvalue weighted by Crippen LogP contribution is 2.27. The van der Waals surface area contributed by atoms with E-state index in [1.807, 2.05) is 19.1 Å². The van der Waals surface area contributed by atoms with Gasteiger partial charge in [-0.05, 0) is 25.5 Å². The first kappa shape index (κ1) is 13.6. The molecule has 1 atom stereocenters. The van der Waals surface area contributed by atoms with E-state index in [0.29, 0.717) is 24.7 Å². The predicted molar refractivity (Wildman–Crippen MR) is 68.6 cm³/mol. The van der Waals surface area contributed by atoms with Gasteiger partial charge in [0.15, 0.2) is 0 Å². The molecule has 0 fully saturated rings. The van der Waals surface area contributed by atoms with Gasteiger partial charge in [0, 0.05) is 13.2 Å². The van der Waals surface area contributed by atoms with Crippen LogP contribution >= 0.6 is 0 Å². The molecular weight excluding hydrogens is 218 g/mol. The van der Waals surface area contributed by atoms with Crippen molar-refractivity contribution in [2.75, 3.05) is 26.1 Å². The Morgan fingerprint density at radius 3 is 2.76 bits per heavy atom. The second-order valence-corrected chi connectivity index (χ2v) is 3.93. The van der Waals surface area contributed by atoms with E-state index in [-0.39, 0.29) is 6.10 Å². The first-order chi connectivity index (χ1) is 8.17. The fourth-order valence-electron chi connectivity index (χ4n) is 1.43. The number of benzene rings is 1. The Balaban J connectivity index is 2.67. The first-order valence-electron chi connectivity index (χ1n) is 5.85. The molecule has 4 nitrogen and oxygen atoms in total. The van der Waals surface area contributed by atoms with Crippen molar-refractivity contribution in [1.82, 2.24) is 0 Å². The highest BCUT2D eigenvalue weighted by atomic mass is 16.5. The van der Waals surface area contributed by atoms with Crippen LogP contribution < -0.4 is 15.2 Å². The quantitative estimate of drug-likeness (QED) is 0.743. The summed E-state index contributed by atoms with van der Waals surface area (Å²) in [6.45, 7) is 5.21. The standard InChI is InChI=1S/C13H21NO3/c1-4-7-16-13-8-11(5-6-12(13)14)17-10(2)9-15-3/h5-6,8,10H,4,7,9,14H2,1-3H3. The summed E-state index contributed by atoms with van der Waals surface area (Å²) in [6.07, 6.45) is 0.951. The largest absolute Gasteiger partial charge is 0.491 e. The molecule has 0 aliphatic rings. The van der Waals surface area contributed by atoms with Gasteiger partial charge < -0.3 is 19.9 Å². The van der Waals surface area contributed by atoms with Gasteiger partial charge in [-0.3, -0.25) is 0 Å². The number of nitrogens with two attached hydrogens (primary N) is 1. The van der Waals surface area contributed by atoms with Crippen LogP contribution in [0.2, 0.25) is 0 Å². The van der Waals surface area contributed by atoms with E-state index in [4.69, 9.17) is 19.9 Å². The smallest absolute Gasteiger partial charge is 0.145 e. The number of anilines is 1. The lowest BCUT2D eigenvalue weighted by atomic mass is 10.2. The van der Waals surface area contributed by atoms with Gasteiger partial charge in [-0.1, -0.05) is 6.92 Å². The van der Waals surface area contributed by atoms with Crippen molar-refractivity contribution in [2.45, 2.75) is 26.4 Å². The first-order valence-corrected chi connectivity index (χ1v) is 5.85. The molecule has 0 bridgehead atoms. The van der Waals surface area contributed by atoms with Crippen LogP contribution in [0.15, 0.2) is 18.2 Å². The number of hydrogen-bond donors (Lipinski definition) is 1. The van der Waals surface area contributed by atoms with Crippen molar-refractivity contribution >= 4 is 5.69 Å². The Morgan fingerprint density at radius 1 is 1.35 bits per heavy atom. The minimum absolute atomic E-state index is 0.00245. The van der Waals surface area contributed by atoms with Crippen LogP contribution in [0.4, 0.5) is 5.69 Å². The van der Waals surface area contributed by atoms with Gasteiger partial charge in [-0.25, -0.2) is 0 Å². The molecule has 1 unspecified atom stereocenters. The maximum atomic E-state index is 5.81. The second-order valence-electron chi connectivity index (χ2n) is 3.93. The van der Waals surface area contributed by atoms with E-state index in [9.17, 15) is 0 Å². The number of hydrogen-bond acceptors (Lipinski definition) is 4. The van der Waals surface area contributed by atoms with Crippen LogP contribution in [-0.4, -0.2) is 26.4 Å². The summed E-state index contributed by atoms with van der Waals surface area (Å²) in [5, 5.41) is 0. The van der Waals surface area contributed by atoms with E-state index in [0.717, 1.165) is 12.2 Å². The lowest BCUT2D eigenvalue weighted by Crippen LogP contribution is -2.18. The van der Waals surface area contributed by atoms with Crippen LogP contribution in [0.1, 0.15) is 20.3 Å². The Morgan fingerprint density at radius 2 is 2.12 bits per heavy atom. The molecule has 17 heavy (non-hydrogen) atoms. The van der Waals surface area contributed by atoms with Gasteiger partial charge in [0.05, 0.1) is 18.9 Å². The van der Waals surface area contributed by atoms with Gasteiger partial charge >= 0.3 is 0 Å². The lowest BCUT2D eigenvalue weighted by molar-refractivity contribution is 0.0919. The van der Waals surface area contributed by atoms with Crippen molar-refractivity contribution in [3.8, 4) is 11.5 Å². The molecule has 0 heterocycles. The lowest BCUT2D eigenvalue weighted by Gasteiger charge is -2.15. The monoisotopic (exact) mass is 239 g/mol. The minimum atomic E-state index is 0.00245. The number of rotatable bonds is 7. The van der Waals surface area contributed by atoms with E-state index in [1.54, 1.807) is 13.2 Å². The molecule has 0 aliphatic carbocycles. The zero-order chi connectivity index (χ0) is 12.7. The number of methoxy groups -OCH3 is 1. The molecule has 4 heteroatoms. The molecule has 1 rings (SSSR count). The summed E-state index contributed by atoms with van der Waals surface area (Å²) in [6, 6.07) is 5.44. The number of nitrogen functional groups attached to an aromatic ring is 1. The number of ether oxygens (including phenoxy) is 3. The zero-order valence-corrected chi connectivity index (χ0v) is 10.7. The van der Waals surface area contributed by atoms with Crippen LogP contribution in [0, 0.1) is 0 Å². The third-order valence-corrected chi connectivity index (χ3v) is 2.19. The van der Waals surface area contributed by atoms with Gasteiger partial charge in [-0.15, -0.1) is 0 Å². The van der Waals surface area contributed by atoms with E-state index in [2.05, 4.69) is 6.92 Å². The van der Waals surface area contributed by atoms with Crippen molar-refractivity contribution in [2.24, 2.45) is 0 Å². The van der Waals surface area contributed by atoms with E-state index in [1.165, 1.54) is 0 Å². The summed E-state index contributed by atoms with van der Waals surface area (Å²) in [4.78, 5) is 0. The van der Waals surface area contributed by atoms with Crippen molar-refractivity contribution in [3.63, 3.8) is 0 Å². The second kappa shape index (κ2) is 7.01. The molecule has 0 radical (unpaired) electrons. The molecule has 1 aromatic carbocycles. The van der Waals surface area contributed by atoms with E-state index >= 15 is 0 Å². The third-order valence-electron chi connectivity index (χ3n) is 2.19. The van der Waals surface area contributed by atoms with Gasteiger partial charge in [0.1, 0.15) is 17.6 Å². The molecule has 0 aromatic heterocycles. The molecule has 96 valence electrons. The average molecular weight is 239 g/mol. The summed E-state index contributed by atoms with van der Waals surface area (Å²) in [5.74, 6) is 1.42. The fourth-order valence-corrected chi connectivity index (χ4v) is 1.43. The zero-order valence-electron chi connectivity index (χ0n) is 10.7. The molecule has 0 amide bonds. The topological polar surface area (TPSA) is 53.7 Å². The maximum absolute atomic E-state index is 5.81. The van der Waals surface area contributed by atoms with Crippen LogP contribution in [0.25, 0.3) is 0 Å². The summed E-state index contributed by atoms with van der Waals surface area (Å²) >= 11 is 0. The average Bonchev–Trinajstić information content (AvgIpc) is 2.30. The Kier molecular flexibility index (Phi) is 5.63. The third kappa shape index (κ3) is 4.53. The summed E-state index contributed by atoms with van der Waals surface area (Å²) in [5.41, 5.74) is 6.44. The molecule has 0 spiro atoms. The molecule has 0 aliphatic heterocycles. The van der Waals surface area contributed by atoms with Crippen molar-refractivity contribution in [1.29, 1.82) is 0 Å². The minimum Gasteiger partial charge on any atom is -0.491 e. The Labute approximate surface area is 103 Å². The molecule has 0 saturated carbocycles. The van der Waals surface area contributed by atoms with E-state index < -0.39 is 0 Å². The van der Waals surface area contributed by atoms with Gasteiger partial charge in [0.2, 0.25) is 0 Å². The molecular formula is C13H21NO3. The fraction of sp³-hybridized carbons (Fsp3) is 0.538.